The molecule has 8 aromatic rings. The molecule has 0 saturated heterocycles. The standard InChI is InChI=1S/C32H26N8/c1-15(2)31-37-27-19-7-5-17(9-21(19)23-12-35-36-13-25(23)29(27)39-31)18-6-8-20-22(10-18)24-11-33-14-34-26(24)30-28(20)38-32(40-30)16(3)4/h5-16H,1-4H3,(H,37,39)(H,38,40). The number of aromatic nitrogens is 8. The highest BCUT2D eigenvalue weighted by molar-refractivity contribution is 6.24. The molecule has 40 heavy (non-hydrogen) atoms. The molecule has 2 N–H and O–H groups in total. The van der Waals surface area contributed by atoms with Crippen LogP contribution in [0, 0.1) is 0 Å². The molecule has 0 spiro atoms. The highest BCUT2D eigenvalue weighted by Gasteiger charge is 2.18. The van der Waals surface area contributed by atoms with Crippen molar-refractivity contribution in [3.8, 4) is 11.1 Å². The third kappa shape index (κ3) is 3.19. The van der Waals surface area contributed by atoms with Crippen LogP contribution in [0.25, 0.3) is 76.4 Å². The minimum atomic E-state index is 0.286. The second-order valence-electron chi connectivity index (χ2n) is 11.1. The van der Waals surface area contributed by atoms with Gasteiger partial charge in [-0.3, -0.25) is 0 Å². The van der Waals surface area contributed by atoms with Crippen molar-refractivity contribution in [2.45, 2.75) is 39.5 Å². The quantitative estimate of drug-likeness (QED) is 0.232. The van der Waals surface area contributed by atoms with Crippen LogP contribution in [0.5, 0.6) is 0 Å². The monoisotopic (exact) mass is 522 g/mol. The van der Waals surface area contributed by atoms with Crippen molar-refractivity contribution >= 4 is 65.3 Å². The first-order chi connectivity index (χ1) is 19.5. The molecule has 0 bridgehead atoms. The number of aromatic amines is 2. The SMILES string of the molecule is CC(C)c1nc2c3cnncc3c3cc(-c4ccc5c(c4)c4cncnc4c4nc(C(C)C)[nH]c54)ccc3c2[nH]1. The van der Waals surface area contributed by atoms with E-state index in [9.17, 15) is 0 Å². The van der Waals surface area contributed by atoms with E-state index in [-0.39, 0.29) is 5.92 Å². The molecular formula is C32H26N8. The van der Waals surface area contributed by atoms with E-state index >= 15 is 0 Å². The third-order valence-electron chi connectivity index (χ3n) is 7.95. The summed E-state index contributed by atoms with van der Waals surface area (Å²) in [5.74, 6) is 2.51. The normalized spacial score (nSPS) is 12.4. The molecular weight excluding hydrogens is 496 g/mol. The molecule has 0 amide bonds. The zero-order valence-corrected chi connectivity index (χ0v) is 22.6. The van der Waals surface area contributed by atoms with Gasteiger partial charge in [-0.1, -0.05) is 52.0 Å². The fraction of sp³-hybridized carbons (Fsp3) is 0.188. The van der Waals surface area contributed by atoms with Gasteiger partial charge in [0.05, 0.1) is 28.9 Å². The van der Waals surface area contributed by atoms with E-state index in [0.29, 0.717) is 5.92 Å². The summed E-state index contributed by atoms with van der Waals surface area (Å²) in [4.78, 5) is 26.0. The molecule has 8 nitrogen and oxygen atoms in total. The lowest BCUT2D eigenvalue weighted by Gasteiger charge is -2.10. The predicted octanol–water partition coefficient (Wildman–Crippen LogP) is 7.55. The van der Waals surface area contributed by atoms with E-state index < -0.39 is 0 Å². The van der Waals surface area contributed by atoms with Gasteiger partial charge in [0.25, 0.3) is 0 Å². The first-order valence-electron chi connectivity index (χ1n) is 13.6. The number of rotatable bonds is 3. The minimum Gasteiger partial charge on any atom is -0.341 e. The maximum Gasteiger partial charge on any atom is 0.116 e. The number of hydrogen-bond donors (Lipinski definition) is 2. The summed E-state index contributed by atoms with van der Waals surface area (Å²) in [5, 5.41) is 15.9. The summed E-state index contributed by atoms with van der Waals surface area (Å²) in [7, 11) is 0. The number of benzene rings is 4. The number of nitrogens with zero attached hydrogens (tertiary/aromatic N) is 6. The highest BCUT2D eigenvalue weighted by atomic mass is 15.1. The van der Waals surface area contributed by atoms with Crippen LogP contribution in [0.1, 0.15) is 51.2 Å². The van der Waals surface area contributed by atoms with Gasteiger partial charge in [0, 0.05) is 45.0 Å². The summed E-state index contributed by atoms with van der Waals surface area (Å²) in [6.07, 6.45) is 7.15. The molecule has 0 fully saturated rings. The number of imidazole rings is 2. The van der Waals surface area contributed by atoms with Gasteiger partial charge in [-0.2, -0.15) is 10.2 Å². The van der Waals surface area contributed by atoms with Crippen molar-refractivity contribution in [2.75, 3.05) is 0 Å². The average Bonchev–Trinajstić information content (AvgIpc) is 3.64. The average molecular weight is 523 g/mol. The number of H-pyrrole nitrogens is 2. The maximum absolute atomic E-state index is 4.93. The van der Waals surface area contributed by atoms with Crippen LogP contribution in [0.3, 0.4) is 0 Å². The van der Waals surface area contributed by atoms with Crippen molar-refractivity contribution in [3.05, 3.63) is 73.0 Å². The molecule has 0 aliphatic rings. The van der Waals surface area contributed by atoms with Crippen molar-refractivity contribution < 1.29 is 0 Å². The van der Waals surface area contributed by atoms with Crippen molar-refractivity contribution in [3.63, 3.8) is 0 Å². The van der Waals surface area contributed by atoms with Gasteiger partial charge in [-0.05, 0) is 34.0 Å². The maximum atomic E-state index is 4.93. The Morgan fingerprint density at radius 3 is 1.75 bits per heavy atom. The Hall–Kier alpha value is -4.98. The highest BCUT2D eigenvalue weighted by Crippen LogP contribution is 2.39. The number of hydrogen-bond acceptors (Lipinski definition) is 6. The first-order valence-corrected chi connectivity index (χ1v) is 13.6. The minimum absolute atomic E-state index is 0.286. The fourth-order valence-electron chi connectivity index (χ4n) is 5.86. The summed E-state index contributed by atoms with van der Waals surface area (Å²) < 4.78 is 0. The van der Waals surface area contributed by atoms with Gasteiger partial charge < -0.3 is 9.97 Å². The fourth-order valence-corrected chi connectivity index (χ4v) is 5.86. The van der Waals surface area contributed by atoms with Gasteiger partial charge >= 0.3 is 0 Å². The molecule has 0 radical (unpaired) electrons. The van der Waals surface area contributed by atoms with E-state index in [1.807, 2.05) is 18.6 Å². The second-order valence-corrected chi connectivity index (χ2v) is 11.1. The van der Waals surface area contributed by atoms with E-state index in [1.165, 1.54) is 0 Å². The van der Waals surface area contributed by atoms with Crippen molar-refractivity contribution in [1.82, 2.24) is 40.1 Å². The molecule has 4 heterocycles. The topological polar surface area (TPSA) is 109 Å². The Morgan fingerprint density at radius 2 is 1.10 bits per heavy atom. The van der Waals surface area contributed by atoms with Gasteiger partial charge in [-0.25, -0.2) is 19.9 Å². The summed E-state index contributed by atoms with van der Waals surface area (Å²) in [5.41, 5.74) is 6.98. The third-order valence-corrected chi connectivity index (χ3v) is 7.95. The Labute approximate surface area is 228 Å². The summed E-state index contributed by atoms with van der Waals surface area (Å²) in [6, 6.07) is 13.2. The molecule has 0 atom stereocenters. The molecule has 0 unspecified atom stereocenters. The van der Waals surface area contributed by atoms with Crippen LogP contribution < -0.4 is 0 Å². The smallest absolute Gasteiger partial charge is 0.116 e. The lowest BCUT2D eigenvalue weighted by atomic mass is 9.95. The molecule has 4 aromatic carbocycles. The van der Waals surface area contributed by atoms with Crippen molar-refractivity contribution in [1.29, 1.82) is 0 Å². The van der Waals surface area contributed by atoms with Crippen LogP contribution in [-0.4, -0.2) is 40.1 Å². The van der Waals surface area contributed by atoms with Gasteiger partial charge in [0.1, 0.15) is 29.0 Å². The van der Waals surface area contributed by atoms with E-state index in [2.05, 4.69) is 94.2 Å². The van der Waals surface area contributed by atoms with E-state index in [4.69, 9.17) is 9.97 Å². The molecule has 4 aromatic heterocycles. The lowest BCUT2D eigenvalue weighted by Crippen LogP contribution is -1.89. The molecule has 8 rings (SSSR count). The van der Waals surface area contributed by atoms with Gasteiger partial charge in [-0.15, -0.1) is 0 Å². The zero-order chi connectivity index (χ0) is 27.1. The Balaban J connectivity index is 1.41. The summed E-state index contributed by atoms with van der Waals surface area (Å²) in [6.45, 7) is 8.58. The van der Waals surface area contributed by atoms with Gasteiger partial charge in [0.15, 0.2) is 0 Å². The van der Waals surface area contributed by atoms with Crippen LogP contribution in [0.2, 0.25) is 0 Å². The lowest BCUT2D eigenvalue weighted by molar-refractivity contribution is 0.799. The molecule has 0 saturated carbocycles. The first kappa shape index (κ1) is 23.0. The van der Waals surface area contributed by atoms with Crippen LogP contribution in [0.15, 0.2) is 61.3 Å². The molecule has 0 aliphatic carbocycles. The Bertz CT molecular complexity index is 2130. The molecule has 8 heteroatoms. The Kier molecular flexibility index (Phi) is 4.74. The molecule has 0 aliphatic heterocycles. The number of fused-ring (bicyclic) bond motifs is 12. The largest absolute Gasteiger partial charge is 0.341 e. The van der Waals surface area contributed by atoms with Crippen molar-refractivity contribution in [2.24, 2.45) is 0 Å². The molecule has 194 valence electrons. The number of nitrogens with one attached hydrogen (secondary N) is 2. The summed E-state index contributed by atoms with van der Waals surface area (Å²) >= 11 is 0. The second kappa shape index (κ2) is 8.26. The predicted molar refractivity (Wildman–Crippen MR) is 161 cm³/mol. The van der Waals surface area contributed by atoms with Gasteiger partial charge in [0.2, 0.25) is 0 Å². The Morgan fingerprint density at radius 1 is 0.550 bits per heavy atom. The van der Waals surface area contributed by atoms with Crippen LogP contribution in [-0.2, 0) is 0 Å². The van der Waals surface area contributed by atoms with Crippen LogP contribution >= 0.6 is 0 Å². The zero-order valence-electron chi connectivity index (χ0n) is 22.6. The van der Waals surface area contributed by atoms with E-state index in [1.54, 1.807) is 6.33 Å². The van der Waals surface area contributed by atoms with Crippen LogP contribution in [0.4, 0.5) is 0 Å². The van der Waals surface area contributed by atoms with E-state index in [0.717, 1.165) is 88.1 Å².